The first-order valence-electron chi connectivity index (χ1n) is 6.92. The van der Waals surface area contributed by atoms with Gasteiger partial charge in [0.2, 0.25) is 0 Å². The van der Waals surface area contributed by atoms with Gasteiger partial charge in [-0.2, -0.15) is 5.10 Å². The molecule has 2 heterocycles. The first kappa shape index (κ1) is 16.4. The quantitative estimate of drug-likeness (QED) is 0.272. The Morgan fingerprint density at radius 1 is 1.33 bits per heavy atom. The molecule has 122 valence electrons. The van der Waals surface area contributed by atoms with Gasteiger partial charge in [0.1, 0.15) is 0 Å². The van der Waals surface area contributed by atoms with E-state index in [0.717, 1.165) is 20.5 Å². The van der Waals surface area contributed by atoms with Crippen LogP contribution in [0.5, 0.6) is 0 Å². The molecule has 8 heteroatoms. The van der Waals surface area contributed by atoms with E-state index < -0.39 is 5.97 Å². The minimum Gasteiger partial charge on any atom is -0.486 e. The second-order valence-corrected chi connectivity index (χ2v) is 5.93. The van der Waals surface area contributed by atoms with Crippen LogP contribution in [0.1, 0.15) is 10.4 Å². The van der Waals surface area contributed by atoms with E-state index in [4.69, 9.17) is 9.47 Å². The monoisotopic (exact) mass is 436 g/mol. The van der Waals surface area contributed by atoms with Crippen molar-refractivity contribution in [2.45, 2.75) is 0 Å². The van der Waals surface area contributed by atoms with E-state index in [1.165, 1.54) is 20.6 Å². The minimum absolute atomic E-state index is 0.356. The number of rotatable bonds is 4. The van der Waals surface area contributed by atoms with Gasteiger partial charge in [0, 0.05) is 11.8 Å². The van der Waals surface area contributed by atoms with Gasteiger partial charge in [0.15, 0.2) is 12.0 Å². The lowest BCUT2D eigenvalue weighted by atomic mass is 10.1. The second kappa shape index (κ2) is 6.95. The lowest BCUT2D eigenvalue weighted by molar-refractivity contribution is 0.0602. The number of nitrogens with zero attached hydrogens (tertiary/aromatic N) is 4. The number of hydrogen-bond acceptors (Lipinski definition) is 6. The summed E-state index contributed by atoms with van der Waals surface area (Å²) in [6.07, 6.45) is 4.86. The third-order valence-electron chi connectivity index (χ3n) is 3.32. The van der Waals surface area contributed by atoms with Crippen LogP contribution in [0.3, 0.4) is 0 Å². The topological polar surface area (TPSA) is 78.1 Å². The van der Waals surface area contributed by atoms with Crippen LogP contribution in [0.4, 0.5) is 5.69 Å². The first-order valence-corrected chi connectivity index (χ1v) is 8.00. The van der Waals surface area contributed by atoms with Crippen LogP contribution < -0.4 is 0 Å². The maximum atomic E-state index is 11.9. The maximum absolute atomic E-state index is 11.9. The number of benzene rings is 1. The van der Waals surface area contributed by atoms with Crippen molar-refractivity contribution in [1.29, 1.82) is 0 Å². The van der Waals surface area contributed by atoms with E-state index in [2.05, 4.69) is 37.7 Å². The Bertz CT molecular complexity index is 936. The predicted octanol–water partition coefficient (Wildman–Crippen LogP) is 3.09. The van der Waals surface area contributed by atoms with E-state index >= 15 is 0 Å². The summed E-state index contributed by atoms with van der Waals surface area (Å²) in [6.45, 7) is 0. The molecule has 0 saturated heterocycles. The number of carbonyl (C=O) groups excluding carboxylic acids is 1. The SMILES string of the molecule is COC=Nc1cc(-c2ccn3ncc(I)c3n2)ccc1C(=O)OC. The van der Waals surface area contributed by atoms with Gasteiger partial charge in [-0.25, -0.2) is 19.3 Å². The molecule has 0 spiro atoms. The highest BCUT2D eigenvalue weighted by atomic mass is 127. The highest BCUT2D eigenvalue weighted by molar-refractivity contribution is 14.1. The van der Waals surface area contributed by atoms with Crippen LogP contribution >= 0.6 is 22.6 Å². The normalized spacial score (nSPS) is 11.1. The van der Waals surface area contributed by atoms with Gasteiger partial charge in [-0.1, -0.05) is 6.07 Å². The number of aromatic nitrogens is 3. The Kier molecular flexibility index (Phi) is 4.74. The van der Waals surface area contributed by atoms with Gasteiger partial charge < -0.3 is 9.47 Å². The zero-order chi connectivity index (χ0) is 17.1. The molecule has 2 aromatic heterocycles. The van der Waals surface area contributed by atoms with Gasteiger partial charge >= 0.3 is 5.97 Å². The van der Waals surface area contributed by atoms with Crippen LogP contribution in [-0.4, -0.2) is 41.2 Å². The molecule has 3 aromatic rings. The Morgan fingerprint density at radius 2 is 2.17 bits per heavy atom. The highest BCUT2D eigenvalue weighted by Gasteiger charge is 2.14. The summed E-state index contributed by atoms with van der Waals surface area (Å²) < 4.78 is 12.3. The van der Waals surface area contributed by atoms with Crippen molar-refractivity contribution in [1.82, 2.24) is 14.6 Å². The fourth-order valence-electron chi connectivity index (χ4n) is 2.19. The molecule has 0 aliphatic rings. The van der Waals surface area contributed by atoms with Crippen molar-refractivity contribution in [2.24, 2.45) is 4.99 Å². The van der Waals surface area contributed by atoms with Crippen molar-refractivity contribution in [3.63, 3.8) is 0 Å². The zero-order valence-corrected chi connectivity index (χ0v) is 15.1. The standard InChI is InChI=1S/C16H13IN4O3/c1-23-9-18-14-7-10(3-4-11(14)16(22)24-2)13-5-6-21-15(20-13)12(17)8-19-21/h3-9H,1-2H3. The Labute approximate surface area is 151 Å². The van der Waals surface area contributed by atoms with Gasteiger partial charge in [-0.15, -0.1) is 0 Å². The number of aliphatic imine (C=N–C) groups is 1. The summed E-state index contributed by atoms with van der Waals surface area (Å²) in [5, 5.41) is 4.20. The van der Waals surface area contributed by atoms with Crippen LogP contribution in [0.25, 0.3) is 16.9 Å². The van der Waals surface area contributed by atoms with Crippen LogP contribution in [0, 0.1) is 3.57 Å². The summed E-state index contributed by atoms with van der Waals surface area (Å²) in [6, 6.07) is 7.09. The molecule has 1 aromatic carbocycles. The van der Waals surface area contributed by atoms with Gasteiger partial charge in [-0.05, 0) is 40.8 Å². The summed E-state index contributed by atoms with van der Waals surface area (Å²) >= 11 is 2.19. The van der Waals surface area contributed by atoms with E-state index in [9.17, 15) is 4.79 Å². The van der Waals surface area contributed by atoms with Crippen molar-refractivity contribution >= 4 is 46.3 Å². The molecular formula is C16H13IN4O3. The summed E-state index contributed by atoms with van der Waals surface area (Å²) in [7, 11) is 2.82. The average molecular weight is 436 g/mol. The van der Waals surface area contributed by atoms with Crippen LogP contribution in [0.15, 0.2) is 41.7 Å². The smallest absolute Gasteiger partial charge is 0.340 e. The molecule has 0 aliphatic carbocycles. The number of fused-ring (bicyclic) bond motifs is 1. The Morgan fingerprint density at radius 3 is 2.92 bits per heavy atom. The summed E-state index contributed by atoms with van der Waals surface area (Å²) in [5.74, 6) is -0.460. The van der Waals surface area contributed by atoms with Gasteiger partial charge in [0.25, 0.3) is 0 Å². The van der Waals surface area contributed by atoms with Crippen molar-refractivity contribution < 1.29 is 14.3 Å². The molecule has 0 fully saturated rings. The summed E-state index contributed by atoms with van der Waals surface area (Å²) in [5.41, 5.74) is 3.16. The Hall–Kier alpha value is -2.49. The van der Waals surface area contributed by atoms with E-state index in [1.54, 1.807) is 28.9 Å². The number of halogens is 1. The molecule has 0 aliphatic heterocycles. The lowest BCUT2D eigenvalue weighted by Gasteiger charge is -2.07. The molecule has 0 amide bonds. The molecule has 3 rings (SSSR count). The zero-order valence-electron chi connectivity index (χ0n) is 12.9. The number of ether oxygens (including phenoxy) is 2. The molecule has 0 atom stereocenters. The minimum atomic E-state index is -0.460. The largest absolute Gasteiger partial charge is 0.486 e. The molecule has 0 bridgehead atoms. The molecule has 7 nitrogen and oxygen atoms in total. The lowest BCUT2D eigenvalue weighted by Crippen LogP contribution is -2.02. The third-order valence-corrected chi connectivity index (χ3v) is 4.08. The Balaban J connectivity index is 2.10. The second-order valence-electron chi connectivity index (χ2n) is 4.77. The summed E-state index contributed by atoms with van der Waals surface area (Å²) in [4.78, 5) is 20.6. The number of hydrogen-bond donors (Lipinski definition) is 0. The molecule has 0 saturated carbocycles. The number of carbonyl (C=O) groups is 1. The van der Waals surface area contributed by atoms with E-state index in [1.807, 2.05) is 12.3 Å². The maximum Gasteiger partial charge on any atom is 0.340 e. The molecule has 0 unspecified atom stereocenters. The fourth-order valence-corrected chi connectivity index (χ4v) is 2.68. The van der Waals surface area contributed by atoms with Crippen molar-refractivity contribution in [3.05, 3.63) is 45.8 Å². The molecule has 24 heavy (non-hydrogen) atoms. The molecule has 0 N–H and O–H groups in total. The van der Waals surface area contributed by atoms with E-state index in [-0.39, 0.29) is 0 Å². The molecular weight excluding hydrogens is 423 g/mol. The van der Waals surface area contributed by atoms with Crippen molar-refractivity contribution in [3.8, 4) is 11.3 Å². The molecule has 0 radical (unpaired) electrons. The van der Waals surface area contributed by atoms with Crippen LogP contribution in [0.2, 0.25) is 0 Å². The average Bonchev–Trinajstić information content (AvgIpc) is 2.99. The first-order chi connectivity index (χ1) is 11.6. The van der Waals surface area contributed by atoms with Gasteiger partial charge in [0.05, 0.1) is 40.9 Å². The predicted molar refractivity (Wildman–Crippen MR) is 97.6 cm³/mol. The van der Waals surface area contributed by atoms with Crippen LogP contribution in [-0.2, 0) is 9.47 Å². The van der Waals surface area contributed by atoms with Crippen molar-refractivity contribution in [2.75, 3.05) is 14.2 Å². The highest BCUT2D eigenvalue weighted by Crippen LogP contribution is 2.28. The third kappa shape index (κ3) is 3.09. The number of methoxy groups -OCH3 is 2. The number of esters is 1. The fraction of sp³-hybridized carbons (Fsp3) is 0.125. The van der Waals surface area contributed by atoms with E-state index in [0.29, 0.717) is 11.3 Å². The van der Waals surface area contributed by atoms with Gasteiger partial charge in [-0.3, -0.25) is 0 Å².